The molecule has 0 aliphatic rings. The summed E-state index contributed by atoms with van der Waals surface area (Å²) in [7, 11) is 1.64. The molecule has 0 aliphatic carbocycles. The van der Waals surface area contributed by atoms with Crippen molar-refractivity contribution in [2.75, 3.05) is 33.5 Å². The smallest absolute Gasteiger partial charge is 0.252 e. The van der Waals surface area contributed by atoms with E-state index in [1.807, 2.05) is 0 Å². The molecule has 20 heavy (non-hydrogen) atoms. The molecule has 0 aliphatic heterocycles. The van der Waals surface area contributed by atoms with Gasteiger partial charge in [0.25, 0.3) is 5.91 Å². The Bertz CT molecular complexity index is 429. The third-order valence-electron chi connectivity index (χ3n) is 2.61. The number of halogens is 2. The average molecular weight is 365 g/mol. The lowest BCUT2D eigenvalue weighted by atomic mass is 10.2. The molecule has 1 N–H and O–H groups in total. The van der Waals surface area contributed by atoms with Gasteiger partial charge in [0.05, 0.1) is 23.8 Å². The zero-order chi connectivity index (χ0) is 14.8. The van der Waals surface area contributed by atoms with E-state index in [1.165, 1.54) is 0 Å². The molecule has 0 heterocycles. The van der Waals surface area contributed by atoms with Gasteiger partial charge in [0.1, 0.15) is 0 Å². The van der Waals surface area contributed by atoms with Gasteiger partial charge in [0, 0.05) is 24.7 Å². The molecular weight excluding hydrogens is 346 g/mol. The first kappa shape index (κ1) is 17.4. The normalized spacial score (nSPS) is 10.6. The van der Waals surface area contributed by atoms with E-state index in [-0.39, 0.29) is 5.91 Å². The Morgan fingerprint density at radius 2 is 2.10 bits per heavy atom. The van der Waals surface area contributed by atoms with Crippen molar-refractivity contribution in [1.29, 1.82) is 0 Å². The number of carbonyl (C=O) groups excluding carboxylic acids is 1. The molecule has 0 unspecified atom stereocenters. The number of ether oxygens (including phenoxy) is 2. The number of nitrogens with one attached hydrogen (secondary N) is 1. The molecule has 6 heteroatoms. The van der Waals surface area contributed by atoms with Crippen molar-refractivity contribution >= 4 is 33.4 Å². The maximum absolute atomic E-state index is 11.9. The summed E-state index contributed by atoms with van der Waals surface area (Å²) >= 11 is 9.31. The molecule has 0 saturated heterocycles. The Kier molecular flexibility index (Phi) is 8.85. The van der Waals surface area contributed by atoms with Crippen LogP contribution >= 0.6 is 27.5 Å². The van der Waals surface area contributed by atoms with E-state index < -0.39 is 0 Å². The van der Waals surface area contributed by atoms with Gasteiger partial charge in [-0.15, -0.1) is 0 Å². The molecule has 1 aromatic carbocycles. The summed E-state index contributed by atoms with van der Waals surface area (Å²) in [6.07, 6.45) is 1.76. The minimum absolute atomic E-state index is 0.156. The van der Waals surface area contributed by atoms with Gasteiger partial charge in [-0.25, -0.2) is 0 Å². The van der Waals surface area contributed by atoms with E-state index in [4.69, 9.17) is 21.1 Å². The average Bonchev–Trinajstić information content (AvgIpc) is 2.44. The SMILES string of the molecule is COCCOCCCCNC(=O)c1cc(Br)ccc1Cl. The van der Waals surface area contributed by atoms with Gasteiger partial charge < -0.3 is 14.8 Å². The van der Waals surface area contributed by atoms with Crippen LogP contribution in [0.3, 0.4) is 0 Å². The summed E-state index contributed by atoms with van der Waals surface area (Å²) in [6, 6.07) is 5.21. The van der Waals surface area contributed by atoms with Crippen molar-refractivity contribution in [2.45, 2.75) is 12.8 Å². The van der Waals surface area contributed by atoms with Crippen molar-refractivity contribution in [3.05, 3.63) is 33.3 Å². The molecule has 0 aromatic heterocycles. The fourth-order valence-corrected chi connectivity index (χ4v) is 2.11. The van der Waals surface area contributed by atoms with Crippen LogP contribution < -0.4 is 5.32 Å². The molecule has 1 amide bonds. The third-order valence-corrected chi connectivity index (χ3v) is 3.43. The maximum Gasteiger partial charge on any atom is 0.252 e. The molecule has 0 saturated carbocycles. The monoisotopic (exact) mass is 363 g/mol. The van der Waals surface area contributed by atoms with E-state index in [0.717, 1.165) is 17.3 Å². The molecule has 0 radical (unpaired) electrons. The number of rotatable bonds is 9. The third kappa shape index (κ3) is 6.70. The molecule has 0 atom stereocenters. The standard InChI is InChI=1S/C14H19BrClNO3/c1-19-8-9-20-7-3-2-6-17-14(18)12-10-11(15)4-5-13(12)16/h4-5,10H,2-3,6-9H2,1H3,(H,17,18). The molecule has 0 spiro atoms. The summed E-state index contributed by atoms with van der Waals surface area (Å²) in [5.41, 5.74) is 0.484. The topological polar surface area (TPSA) is 47.6 Å². The number of amides is 1. The van der Waals surface area contributed by atoms with E-state index >= 15 is 0 Å². The van der Waals surface area contributed by atoms with Crippen molar-refractivity contribution in [1.82, 2.24) is 5.32 Å². The van der Waals surface area contributed by atoms with Gasteiger partial charge in [-0.1, -0.05) is 27.5 Å². The highest BCUT2D eigenvalue weighted by molar-refractivity contribution is 9.10. The van der Waals surface area contributed by atoms with Gasteiger partial charge in [-0.3, -0.25) is 4.79 Å². The highest BCUT2D eigenvalue weighted by atomic mass is 79.9. The molecule has 112 valence electrons. The first-order chi connectivity index (χ1) is 9.65. The van der Waals surface area contributed by atoms with Gasteiger partial charge in [-0.2, -0.15) is 0 Å². The van der Waals surface area contributed by atoms with Gasteiger partial charge >= 0.3 is 0 Å². The van der Waals surface area contributed by atoms with Gasteiger partial charge in [0.2, 0.25) is 0 Å². The second kappa shape index (κ2) is 10.2. The fraction of sp³-hybridized carbons (Fsp3) is 0.500. The van der Waals surface area contributed by atoms with Gasteiger partial charge in [-0.05, 0) is 31.0 Å². The molecular formula is C14H19BrClNO3. The Balaban J connectivity index is 2.18. The van der Waals surface area contributed by atoms with Crippen LogP contribution in [0.4, 0.5) is 0 Å². The first-order valence-corrected chi connectivity index (χ1v) is 7.62. The number of methoxy groups -OCH3 is 1. The van der Waals surface area contributed by atoms with Crippen LogP contribution in [0.15, 0.2) is 22.7 Å². The zero-order valence-electron chi connectivity index (χ0n) is 11.5. The summed E-state index contributed by atoms with van der Waals surface area (Å²) in [4.78, 5) is 11.9. The lowest BCUT2D eigenvalue weighted by Crippen LogP contribution is -2.25. The molecule has 1 aromatic rings. The lowest BCUT2D eigenvalue weighted by molar-refractivity contribution is 0.0686. The summed E-state index contributed by atoms with van der Waals surface area (Å²) in [5.74, 6) is -0.156. The zero-order valence-corrected chi connectivity index (χ0v) is 13.8. The Morgan fingerprint density at radius 1 is 1.30 bits per heavy atom. The summed E-state index contributed by atoms with van der Waals surface area (Å²) < 4.78 is 11.0. The second-order valence-corrected chi connectivity index (χ2v) is 5.52. The second-order valence-electron chi connectivity index (χ2n) is 4.19. The van der Waals surface area contributed by atoms with Crippen LogP contribution in [0.1, 0.15) is 23.2 Å². The Labute approximate surface area is 132 Å². The number of unbranched alkanes of at least 4 members (excludes halogenated alkanes) is 1. The number of hydrogen-bond acceptors (Lipinski definition) is 3. The van der Waals surface area contributed by atoms with Crippen LogP contribution in [0.25, 0.3) is 0 Å². The first-order valence-electron chi connectivity index (χ1n) is 6.45. The van der Waals surface area contributed by atoms with E-state index in [2.05, 4.69) is 21.2 Å². The largest absolute Gasteiger partial charge is 0.382 e. The fourth-order valence-electron chi connectivity index (χ4n) is 1.54. The van der Waals surface area contributed by atoms with E-state index in [9.17, 15) is 4.79 Å². The number of hydrogen-bond donors (Lipinski definition) is 1. The molecule has 4 nitrogen and oxygen atoms in total. The quantitative estimate of drug-likeness (QED) is 0.684. The van der Waals surface area contributed by atoms with Gasteiger partial charge in [0.15, 0.2) is 0 Å². The van der Waals surface area contributed by atoms with Crippen molar-refractivity contribution < 1.29 is 14.3 Å². The summed E-state index contributed by atoms with van der Waals surface area (Å²) in [6.45, 7) is 2.50. The Hall–Kier alpha value is -0.620. The predicted molar refractivity (Wildman–Crippen MR) is 83.4 cm³/mol. The van der Waals surface area contributed by atoms with E-state index in [1.54, 1.807) is 25.3 Å². The lowest BCUT2D eigenvalue weighted by Gasteiger charge is -2.07. The highest BCUT2D eigenvalue weighted by Crippen LogP contribution is 2.20. The summed E-state index contributed by atoms with van der Waals surface area (Å²) in [5, 5.41) is 3.30. The van der Waals surface area contributed by atoms with Crippen LogP contribution in [0, 0.1) is 0 Å². The maximum atomic E-state index is 11.9. The minimum Gasteiger partial charge on any atom is -0.382 e. The number of benzene rings is 1. The molecule has 0 bridgehead atoms. The highest BCUT2D eigenvalue weighted by Gasteiger charge is 2.09. The van der Waals surface area contributed by atoms with Crippen molar-refractivity contribution in [3.63, 3.8) is 0 Å². The molecule has 1 rings (SSSR count). The molecule has 0 fully saturated rings. The van der Waals surface area contributed by atoms with Crippen LogP contribution in [0.5, 0.6) is 0 Å². The van der Waals surface area contributed by atoms with Crippen molar-refractivity contribution in [3.8, 4) is 0 Å². The predicted octanol–water partition coefficient (Wildman–Crippen LogP) is 3.28. The van der Waals surface area contributed by atoms with Crippen LogP contribution in [0.2, 0.25) is 5.02 Å². The van der Waals surface area contributed by atoms with Crippen LogP contribution in [-0.2, 0) is 9.47 Å². The van der Waals surface area contributed by atoms with E-state index in [0.29, 0.717) is 37.0 Å². The van der Waals surface area contributed by atoms with Crippen LogP contribution in [-0.4, -0.2) is 39.4 Å². The number of carbonyl (C=O) groups is 1. The van der Waals surface area contributed by atoms with Crippen molar-refractivity contribution in [2.24, 2.45) is 0 Å². The Morgan fingerprint density at radius 3 is 2.85 bits per heavy atom. The minimum atomic E-state index is -0.156.